The van der Waals surface area contributed by atoms with Crippen LogP contribution in [-0.2, 0) is 9.59 Å². The second kappa shape index (κ2) is 12.3. The van der Waals surface area contributed by atoms with Gasteiger partial charge in [-0.25, -0.2) is 0 Å². The molecule has 0 bridgehead atoms. The van der Waals surface area contributed by atoms with E-state index in [-0.39, 0.29) is 17.2 Å². The predicted molar refractivity (Wildman–Crippen MR) is 126 cm³/mol. The number of rotatable bonds is 11. The van der Waals surface area contributed by atoms with E-state index in [0.717, 1.165) is 0 Å². The molecular weight excluding hydrogens is 473 g/mol. The van der Waals surface area contributed by atoms with Gasteiger partial charge in [-0.3, -0.25) is 9.59 Å². The molecule has 2 aromatic carbocycles. The van der Waals surface area contributed by atoms with E-state index < -0.39 is 17.7 Å². The number of Topliss-reactive ketones (excluding diaryl/α,β-unsaturated/α-hetero) is 1. The molecule has 1 N–H and O–H groups in total. The summed E-state index contributed by atoms with van der Waals surface area (Å²) < 4.78 is 21.5. The second-order valence-corrected chi connectivity index (χ2v) is 7.29. The number of benzene rings is 2. The number of carbonyl (C=O) groups is 2. The van der Waals surface area contributed by atoms with E-state index in [4.69, 9.17) is 42.1 Å². The fourth-order valence-corrected chi connectivity index (χ4v) is 3.26. The van der Waals surface area contributed by atoms with E-state index in [2.05, 4.69) is 15.5 Å². The zero-order valence-electron chi connectivity index (χ0n) is 18.9. The van der Waals surface area contributed by atoms with Gasteiger partial charge in [0, 0.05) is 12.1 Å². The van der Waals surface area contributed by atoms with Crippen LogP contribution in [0.2, 0.25) is 10.0 Å². The molecule has 9 nitrogen and oxygen atoms in total. The fraction of sp³-hybridized carbons (Fsp3) is 0.364. The normalized spacial score (nSPS) is 11.7. The maximum atomic E-state index is 12.8. The quantitative estimate of drug-likeness (QED) is 0.324. The highest BCUT2D eigenvalue weighted by molar-refractivity contribution is 6.33. The predicted octanol–water partition coefficient (Wildman–Crippen LogP) is 5.49. The third kappa shape index (κ3) is 6.49. The van der Waals surface area contributed by atoms with E-state index in [9.17, 15) is 9.59 Å². The Bertz CT molecular complexity index is 1020. The number of ether oxygens (including phenoxy) is 4. The van der Waals surface area contributed by atoms with Crippen molar-refractivity contribution in [3.05, 3.63) is 34.3 Å². The molecule has 178 valence electrons. The maximum absolute atomic E-state index is 12.8. The number of ketones is 1. The third-order valence-corrected chi connectivity index (χ3v) is 4.91. The molecule has 0 spiro atoms. The van der Waals surface area contributed by atoms with Gasteiger partial charge in [0.15, 0.2) is 17.3 Å². The van der Waals surface area contributed by atoms with Crippen molar-refractivity contribution in [2.75, 3.05) is 32.8 Å². The minimum Gasteiger partial charge on any atom is -0.492 e. The van der Waals surface area contributed by atoms with Gasteiger partial charge >= 0.3 is 0 Å². The number of carbonyl (C=O) groups excluding carboxylic acids is 2. The zero-order chi connectivity index (χ0) is 24.5. The van der Waals surface area contributed by atoms with Crippen molar-refractivity contribution in [1.82, 2.24) is 0 Å². The first-order valence-electron chi connectivity index (χ1n) is 9.99. The Kier molecular flexibility index (Phi) is 9.74. The molecule has 1 amide bonds. The highest BCUT2D eigenvalue weighted by atomic mass is 35.5. The van der Waals surface area contributed by atoms with E-state index in [0.29, 0.717) is 40.4 Å². The summed E-state index contributed by atoms with van der Waals surface area (Å²) in [6.07, 6.45) is 0. The topological polar surface area (TPSA) is 108 Å². The number of hydrogen-bond donors (Lipinski definition) is 1. The molecule has 33 heavy (non-hydrogen) atoms. The van der Waals surface area contributed by atoms with Crippen LogP contribution < -0.4 is 24.3 Å². The molecule has 0 saturated heterocycles. The lowest BCUT2D eigenvalue weighted by molar-refractivity contribution is -0.126. The number of nitrogens with zero attached hydrogens (tertiary/aromatic N) is 2. The van der Waals surface area contributed by atoms with Crippen LogP contribution in [0.25, 0.3) is 0 Å². The van der Waals surface area contributed by atoms with E-state index in [1.54, 1.807) is 26.0 Å². The average Bonchev–Trinajstić information content (AvgIpc) is 2.77. The van der Waals surface area contributed by atoms with Gasteiger partial charge in [-0.05, 0) is 32.9 Å². The van der Waals surface area contributed by atoms with Crippen LogP contribution >= 0.6 is 23.2 Å². The molecule has 2 rings (SSSR count). The Morgan fingerprint density at radius 2 is 1.58 bits per heavy atom. The van der Waals surface area contributed by atoms with Crippen LogP contribution in [0.3, 0.4) is 0 Å². The van der Waals surface area contributed by atoms with E-state index >= 15 is 0 Å². The first-order valence-corrected chi connectivity index (χ1v) is 10.7. The second-order valence-electron chi connectivity index (χ2n) is 6.50. The summed E-state index contributed by atoms with van der Waals surface area (Å²) in [4.78, 5) is 25.0. The number of halogens is 2. The van der Waals surface area contributed by atoms with E-state index in [1.165, 1.54) is 33.3 Å². The van der Waals surface area contributed by atoms with Crippen molar-refractivity contribution in [1.29, 1.82) is 0 Å². The van der Waals surface area contributed by atoms with Crippen LogP contribution in [0.1, 0.15) is 20.8 Å². The van der Waals surface area contributed by atoms with Crippen molar-refractivity contribution in [2.45, 2.75) is 26.8 Å². The summed E-state index contributed by atoms with van der Waals surface area (Å²) in [6, 6.07) is 4.72. The average molecular weight is 498 g/mol. The third-order valence-electron chi connectivity index (χ3n) is 4.24. The van der Waals surface area contributed by atoms with Crippen LogP contribution in [0, 0.1) is 0 Å². The molecule has 0 fully saturated rings. The van der Waals surface area contributed by atoms with Gasteiger partial charge in [0.2, 0.25) is 6.04 Å². The van der Waals surface area contributed by atoms with Crippen molar-refractivity contribution in [2.24, 2.45) is 10.2 Å². The molecule has 0 aliphatic rings. The Hall–Kier alpha value is -3.04. The lowest BCUT2D eigenvalue weighted by Crippen LogP contribution is -2.32. The molecule has 0 aromatic heterocycles. The summed E-state index contributed by atoms with van der Waals surface area (Å²) in [5.74, 6) is -0.0797. The molecule has 2 aromatic rings. The number of methoxy groups -OCH3 is 2. The molecule has 0 heterocycles. The van der Waals surface area contributed by atoms with Crippen molar-refractivity contribution >= 4 is 46.3 Å². The van der Waals surface area contributed by atoms with Crippen LogP contribution in [0.5, 0.6) is 23.0 Å². The summed E-state index contributed by atoms with van der Waals surface area (Å²) in [5, 5.41) is 11.2. The largest absolute Gasteiger partial charge is 0.492 e. The van der Waals surface area contributed by atoms with Gasteiger partial charge in [0.1, 0.15) is 16.5 Å². The molecular formula is C22H25Cl2N3O6. The molecule has 1 atom stereocenters. The van der Waals surface area contributed by atoms with Crippen LogP contribution in [0.4, 0.5) is 11.4 Å². The number of azo groups is 1. The number of hydrogen-bond acceptors (Lipinski definition) is 8. The minimum absolute atomic E-state index is 0.206. The number of anilines is 1. The maximum Gasteiger partial charge on any atom is 0.258 e. The SMILES string of the molecule is CCOc1cc(N=NC(C(C)=O)C(=O)Nc2ccc(Cl)c(OC)c2OC)cc(OCC)c1Cl. The number of amides is 1. The smallest absolute Gasteiger partial charge is 0.258 e. The fourth-order valence-electron chi connectivity index (χ4n) is 2.81. The van der Waals surface area contributed by atoms with Gasteiger partial charge in [0.25, 0.3) is 5.91 Å². The summed E-state index contributed by atoms with van der Waals surface area (Å²) in [5.41, 5.74) is 0.560. The Morgan fingerprint density at radius 3 is 2.06 bits per heavy atom. The van der Waals surface area contributed by atoms with Crippen LogP contribution in [-0.4, -0.2) is 45.2 Å². The first kappa shape index (κ1) is 26.2. The lowest BCUT2D eigenvalue weighted by Gasteiger charge is -2.16. The highest BCUT2D eigenvalue weighted by Crippen LogP contribution is 2.41. The molecule has 0 saturated carbocycles. The Balaban J connectivity index is 2.35. The van der Waals surface area contributed by atoms with E-state index in [1.807, 2.05) is 0 Å². The van der Waals surface area contributed by atoms with Crippen LogP contribution in [0.15, 0.2) is 34.5 Å². The highest BCUT2D eigenvalue weighted by Gasteiger charge is 2.25. The standard InChI is InChI=1S/C22H25Cl2N3O6/c1-6-32-16-10-13(11-17(18(16)24)33-7-2)26-27-19(12(3)28)22(29)25-15-9-8-14(23)20(30-4)21(15)31-5/h8-11,19H,6-7H2,1-5H3,(H,25,29). The first-order chi connectivity index (χ1) is 15.8. The minimum atomic E-state index is -1.42. The molecule has 0 aliphatic heterocycles. The number of nitrogens with one attached hydrogen (secondary N) is 1. The summed E-state index contributed by atoms with van der Waals surface area (Å²) in [6.45, 7) is 5.59. The van der Waals surface area contributed by atoms with Crippen molar-refractivity contribution < 1.29 is 28.5 Å². The lowest BCUT2D eigenvalue weighted by atomic mass is 10.2. The van der Waals surface area contributed by atoms with Crippen molar-refractivity contribution in [3.63, 3.8) is 0 Å². The monoisotopic (exact) mass is 497 g/mol. The summed E-state index contributed by atoms with van der Waals surface area (Å²) in [7, 11) is 2.82. The molecule has 0 aliphatic carbocycles. The zero-order valence-corrected chi connectivity index (χ0v) is 20.4. The molecule has 1 unspecified atom stereocenters. The molecule has 0 radical (unpaired) electrons. The van der Waals surface area contributed by atoms with Gasteiger partial charge in [-0.1, -0.05) is 23.2 Å². The van der Waals surface area contributed by atoms with Gasteiger partial charge in [-0.15, -0.1) is 0 Å². The molecule has 11 heteroatoms. The van der Waals surface area contributed by atoms with Crippen molar-refractivity contribution in [3.8, 4) is 23.0 Å². The van der Waals surface area contributed by atoms with Gasteiger partial charge in [-0.2, -0.15) is 10.2 Å². The van der Waals surface area contributed by atoms with Gasteiger partial charge in [0.05, 0.1) is 43.8 Å². The summed E-state index contributed by atoms with van der Waals surface area (Å²) >= 11 is 12.4. The van der Waals surface area contributed by atoms with Gasteiger partial charge < -0.3 is 24.3 Å². The Labute approximate surface area is 202 Å². The Morgan fingerprint density at radius 1 is 1.00 bits per heavy atom.